The highest BCUT2D eigenvalue weighted by atomic mass is 15.1. The van der Waals surface area contributed by atoms with E-state index in [4.69, 9.17) is 0 Å². The molecule has 0 radical (unpaired) electrons. The van der Waals surface area contributed by atoms with E-state index in [-0.39, 0.29) is 0 Å². The van der Waals surface area contributed by atoms with E-state index in [1.807, 2.05) is 0 Å². The van der Waals surface area contributed by atoms with Gasteiger partial charge in [-0.05, 0) is 62.9 Å². The lowest BCUT2D eigenvalue weighted by Crippen LogP contribution is -2.41. The topological polar surface area (TPSA) is 15.3 Å². The van der Waals surface area contributed by atoms with Gasteiger partial charge in [-0.3, -0.25) is 4.90 Å². The van der Waals surface area contributed by atoms with Gasteiger partial charge in [-0.2, -0.15) is 0 Å². The number of rotatable bonds is 6. The number of nitrogens with zero attached hydrogens (tertiary/aromatic N) is 1. The van der Waals surface area contributed by atoms with Crippen LogP contribution in [0.15, 0.2) is 24.3 Å². The Labute approximate surface area is 124 Å². The molecule has 112 valence electrons. The van der Waals surface area contributed by atoms with Crippen molar-refractivity contribution < 1.29 is 0 Å². The minimum atomic E-state index is 0.672. The molecule has 0 bridgehead atoms. The van der Waals surface area contributed by atoms with Gasteiger partial charge in [0, 0.05) is 12.6 Å². The summed E-state index contributed by atoms with van der Waals surface area (Å²) in [6.07, 6.45) is 3.80. The smallest absolute Gasteiger partial charge is 0.0233 e. The van der Waals surface area contributed by atoms with Gasteiger partial charge in [-0.25, -0.2) is 0 Å². The summed E-state index contributed by atoms with van der Waals surface area (Å²) in [4.78, 5) is 2.61. The van der Waals surface area contributed by atoms with Crippen LogP contribution < -0.4 is 5.32 Å². The third-order valence-electron chi connectivity index (χ3n) is 4.70. The maximum absolute atomic E-state index is 3.57. The summed E-state index contributed by atoms with van der Waals surface area (Å²) in [6.45, 7) is 11.5. The number of hydrogen-bond donors (Lipinski definition) is 1. The highest BCUT2D eigenvalue weighted by Gasteiger charge is 2.23. The lowest BCUT2D eigenvalue weighted by atomic mass is 9.90. The number of nitrogens with one attached hydrogen (secondary N) is 1. The summed E-state index contributed by atoms with van der Waals surface area (Å²) < 4.78 is 0. The second kappa shape index (κ2) is 7.80. The second-order valence-corrected chi connectivity index (χ2v) is 6.13. The number of likely N-dealkylation sites (tertiary alicyclic amines) is 1. The van der Waals surface area contributed by atoms with Crippen LogP contribution in [0.1, 0.15) is 44.7 Å². The molecule has 20 heavy (non-hydrogen) atoms. The number of piperidine rings is 1. The van der Waals surface area contributed by atoms with E-state index in [0.717, 1.165) is 25.4 Å². The van der Waals surface area contributed by atoms with Crippen LogP contribution in [0, 0.1) is 5.92 Å². The average Bonchev–Trinajstić information content (AvgIpc) is 2.49. The molecule has 1 aromatic carbocycles. The maximum atomic E-state index is 3.57. The molecule has 2 nitrogen and oxygen atoms in total. The molecule has 0 spiro atoms. The van der Waals surface area contributed by atoms with E-state index < -0.39 is 0 Å². The summed E-state index contributed by atoms with van der Waals surface area (Å²) in [6, 6.07) is 9.81. The summed E-state index contributed by atoms with van der Waals surface area (Å²) >= 11 is 0. The van der Waals surface area contributed by atoms with Gasteiger partial charge in [-0.1, -0.05) is 38.1 Å². The predicted octanol–water partition coefficient (Wildman–Crippen LogP) is 3.46. The zero-order valence-corrected chi connectivity index (χ0v) is 13.4. The fourth-order valence-corrected chi connectivity index (χ4v) is 3.24. The Morgan fingerprint density at radius 2 is 1.70 bits per heavy atom. The first-order valence-corrected chi connectivity index (χ1v) is 8.26. The second-order valence-electron chi connectivity index (χ2n) is 6.13. The summed E-state index contributed by atoms with van der Waals surface area (Å²) in [7, 11) is 0. The lowest BCUT2D eigenvalue weighted by Gasteiger charge is -2.35. The Kier molecular flexibility index (Phi) is 6.06. The van der Waals surface area contributed by atoms with Crippen molar-refractivity contribution in [3.05, 3.63) is 35.4 Å². The van der Waals surface area contributed by atoms with Crippen molar-refractivity contribution in [1.29, 1.82) is 0 Å². The molecule has 1 N–H and O–H groups in total. The van der Waals surface area contributed by atoms with Gasteiger partial charge in [0.2, 0.25) is 0 Å². The van der Waals surface area contributed by atoms with Crippen LogP contribution in [0.5, 0.6) is 0 Å². The highest BCUT2D eigenvalue weighted by Crippen LogP contribution is 2.22. The Morgan fingerprint density at radius 1 is 1.10 bits per heavy atom. The summed E-state index contributed by atoms with van der Waals surface area (Å²) in [5.74, 6) is 0.855. The minimum absolute atomic E-state index is 0.672. The van der Waals surface area contributed by atoms with Gasteiger partial charge in [0.1, 0.15) is 0 Å². The molecular weight excluding hydrogens is 244 g/mol. The molecular formula is C18H30N2. The molecule has 1 atom stereocenters. The van der Waals surface area contributed by atoms with Gasteiger partial charge in [0.15, 0.2) is 0 Å². The van der Waals surface area contributed by atoms with Crippen molar-refractivity contribution in [3.8, 4) is 0 Å². The van der Waals surface area contributed by atoms with Gasteiger partial charge in [0.25, 0.3) is 0 Å². The zero-order valence-electron chi connectivity index (χ0n) is 13.4. The van der Waals surface area contributed by atoms with Crippen molar-refractivity contribution in [3.63, 3.8) is 0 Å². The maximum Gasteiger partial charge on any atom is 0.0233 e. The van der Waals surface area contributed by atoms with Crippen molar-refractivity contribution in [1.82, 2.24) is 10.2 Å². The lowest BCUT2D eigenvalue weighted by molar-refractivity contribution is 0.157. The number of hydrogen-bond acceptors (Lipinski definition) is 2. The van der Waals surface area contributed by atoms with Crippen LogP contribution in [0.4, 0.5) is 0 Å². The van der Waals surface area contributed by atoms with E-state index >= 15 is 0 Å². The standard InChI is InChI=1S/C18H30N2/c1-4-16-6-8-17(9-7-16)14-20-12-10-18(11-13-20)15(3)19-5-2/h6-9,15,18-19H,4-5,10-14H2,1-3H3. The molecule has 1 heterocycles. The monoisotopic (exact) mass is 274 g/mol. The third-order valence-corrected chi connectivity index (χ3v) is 4.70. The van der Waals surface area contributed by atoms with E-state index in [1.54, 1.807) is 0 Å². The number of aryl methyl sites for hydroxylation is 1. The van der Waals surface area contributed by atoms with Crippen LogP contribution in [0.3, 0.4) is 0 Å². The molecule has 1 unspecified atom stereocenters. The van der Waals surface area contributed by atoms with Crippen molar-refractivity contribution >= 4 is 0 Å². The van der Waals surface area contributed by atoms with Gasteiger partial charge >= 0.3 is 0 Å². The zero-order chi connectivity index (χ0) is 14.4. The van der Waals surface area contributed by atoms with Crippen molar-refractivity contribution in [2.24, 2.45) is 5.92 Å². The molecule has 0 aliphatic carbocycles. The van der Waals surface area contributed by atoms with E-state index in [1.165, 1.54) is 37.1 Å². The Morgan fingerprint density at radius 3 is 2.25 bits per heavy atom. The molecule has 1 saturated heterocycles. The third kappa shape index (κ3) is 4.32. The predicted molar refractivity (Wildman–Crippen MR) is 87.0 cm³/mol. The van der Waals surface area contributed by atoms with Crippen LogP contribution in [0.25, 0.3) is 0 Å². The molecule has 2 heteroatoms. The van der Waals surface area contributed by atoms with Gasteiger partial charge < -0.3 is 5.32 Å². The Balaban J connectivity index is 1.78. The molecule has 0 amide bonds. The fourth-order valence-electron chi connectivity index (χ4n) is 3.24. The molecule has 1 aliphatic heterocycles. The van der Waals surface area contributed by atoms with Crippen molar-refractivity contribution in [2.45, 2.75) is 52.6 Å². The van der Waals surface area contributed by atoms with Crippen LogP contribution in [0.2, 0.25) is 0 Å². The normalized spacial score (nSPS) is 19.1. The molecule has 1 fully saturated rings. The van der Waals surface area contributed by atoms with E-state index in [0.29, 0.717) is 6.04 Å². The molecule has 0 aromatic heterocycles. The fraction of sp³-hybridized carbons (Fsp3) is 0.667. The molecule has 0 saturated carbocycles. The molecule has 1 aromatic rings. The van der Waals surface area contributed by atoms with E-state index in [2.05, 4.69) is 55.3 Å². The number of benzene rings is 1. The minimum Gasteiger partial charge on any atom is -0.314 e. The van der Waals surface area contributed by atoms with Crippen LogP contribution in [-0.4, -0.2) is 30.6 Å². The summed E-state index contributed by atoms with van der Waals surface area (Å²) in [5.41, 5.74) is 2.90. The average molecular weight is 274 g/mol. The highest BCUT2D eigenvalue weighted by molar-refractivity contribution is 5.22. The SMILES string of the molecule is CCNC(C)C1CCN(Cc2ccc(CC)cc2)CC1. The van der Waals surface area contributed by atoms with Crippen LogP contribution in [-0.2, 0) is 13.0 Å². The summed E-state index contributed by atoms with van der Waals surface area (Å²) in [5, 5.41) is 3.57. The van der Waals surface area contributed by atoms with E-state index in [9.17, 15) is 0 Å². The Hall–Kier alpha value is -0.860. The first-order chi connectivity index (χ1) is 9.72. The largest absolute Gasteiger partial charge is 0.314 e. The van der Waals surface area contributed by atoms with Gasteiger partial charge in [0.05, 0.1) is 0 Å². The Bertz CT molecular complexity index is 377. The quantitative estimate of drug-likeness (QED) is 0.854. The molecule has 1 aliphatic rings. The first-order valence-electron chi connectivity index (χ1n) is 8.26. The van der Waals surface area contributed by atoms with Gasteiger partial charge in [-0.15, -0.1) is 0 Å². The van der Waals surface area contributed by atoms with Crippen molar-refractivity contribution in [2.75, 3.05) is 19.6 Å². The van der Waals surface area contributed by atoms with Crippen LogP contribution >= 0.6 is 0 Å². The molecule has 2 rings (SSSR count). The first kappa shape index (κ1) is 15.5.